The summed E-state index contributed by atoms with van der Waals surface area (Å²) in [6.45, 7) is 9.39. The molecule has 2 saturated heterocycles. The number of nitrogens with one attached hydrogen (secondary N) is 2. The molecule has 40 heavy (non-hydrogen) atoms. The van der Waals surface area contributed by atoms with E-state index in [-0.39, 0.29) is 6.10 Å². The highest BCUT2D eigenvalue weighted by molar-refractivity contribution is 5.61. The van der Waals surface area contributed by atoms with Crippen LogP contribution in [-0.2, 0) is 20.8 Å². The minimum Gasteiger partial charge on any atom is -0.494 e. The summed E-state index contributed by atoms with van der Waals surface area (Å²) >= 11 is 0. The second kappa shape index (κ2) is 15.6. The second-order valence-corrected chi connectivity index (χ2v) is 11.0. The van der Waals surface area contributed by atoms with Crippen LogP contribution in [0.3, 0.4) is 0 Å². The van der Waals surface area contributed by atoms with Crippen molar-refractivity contribution in [1.29, 1.82) is 0 Å². The normalized spacial score (nSPS) is 21.6. The Balaban J connectivity index is 1.10. The van der Waals surface area contributed by atoms with Crippen molar-refractivity contribution < 1.29 is 23.7 Å². The molecule has 0 radical (unpaired) electrons. The Morgan fingerprint density at radius 2 is 1.75 bits per heavy atom. The minimum atomic E-state index is 0.123. The molecule has 8 heteroatoms. The molecule has 3 heterocycles. The molecule has 2 N–H and O–H groups in total. The number of nitrogens with zero attached hydrogens (tertiary/aromatic N) is 1. The molecule has 2 aromatic carbocycles. The summed E-state index contributed by atoms with van der Waals surface area (Å²) in [6.07, 6.45) is 5.73. The molecule has 0 amide bonds. The van der Waals surface area contributed by atoms with Crippen molar-refractivity contribution in [2.75, 3.05) is 77.7 Å². The van der Waals surface area contributed by atoms with Crippen molar-refractivity contribution in [2.45, 2.75) is 56.8 Å². The first-order valence-electron chi connectivity index (χ1n) is 15.2. The van der Waals surface area contributed by atoms with Crippen molar-refractivity contribution in [2.24, 2.45) is 0 Å². The summed E-state index contributed by atoms with van der Waals surface area (Å²) in [5, 5.41) is 6.90. The number of anilines is 1. The van der Waals surface area contributed by atoms with Crippen LogP contribution in [0.4, 0.5) is 5.69 Å². The summed E-state index contributed by atoms with van der Waals surface area (Å²) in [7, 11) is 1.76. The zero-order chi connectivity index (χ0) is 27.4. The van der Waals surface area contributed by atoms with E-state index in [2.05, 4.69) is 58.0 Å². The molecule has 8 nitrogen and oxygen atoms in total. The van der Waals surface area contributed by atoms with Gasteiger partial charge in [-0.05, 0) is 80.7 Å². The maximum atomic E-state index is 6.54. The maximum absolute atomic E-state index is 6.54. The third-order valence-electron chi connectivity index (χ3n) is 8.16. The zero-order valence-electron chi connectivity index (χ0n) is 24.1. The molecular weight excluding hydrogens is 506 g/mol. The van der Waals surface area contributed by atoms with Crippen molar-refractivity contribution in [3.05, 3.63) is 53.6 Å². The fraction of sp³-hybridized carbons (Fsp3) is 0.625. The predicted molar refractivity (Wildman–Crippen MR) is 158 cm³/mol. The highest BCUT2D eigenvalue weighted by Crippen LogP contribution is 2.34. The first-order valence-corrected chi connectivity index (χ1v) is 15.2. The van der Waals surface area contributed by atoms with Crippen LogP contribution >= 0.6 is 0 Å². The Kier molecular flexibility index (Phi) is 11.4. The van der Waals surface area contributed by atoms with Crippen LogP contribution in [0.5, 0.6) is 11.5 Å². The van der Waals surface area contributed by atoms with Crippen molar-refractivity contribution in [3.8, 4) is 11.5 Å². The van der Waals surface area contributed by atoms with E-state index in [0.29, 0.717) is 25.2 Å². The smallest absolute Gasteiger partial charge is 0.142 e. The molecule has 2 aromatic rings. The van der Waals surface area contributed by atoms with Gasteiger partial charge in [0.15, 0.2) is 0 Å². The van der Waals surface area contributed by atoms with E-state index in [1.807, 2.05) is 0 Å². The number of methoxy groups -OCH3 is 1. The molecule has 3 aliphatic heterocycles. The van der Waals surface area contributed by atoms with Crippen LogP contribution in [0.15, 0.2) is 42.5 Å². The summed E-state index contributed by atoms with van der Waals surface area (Å²) in [5.41, 5.74) is 3.66. The number of fused-ring (bicyclic) bond motifs is 1. The Bertz CT molecular complexity index is 1010. The van der Waals surface area contributed by atoms with E-state index in [0.717, 1.165) is 108 Å². The number of piperidine rings is 2. The fourth-order valence-corrected chi connectivity index (χ4v) is 5.90. The number of hydrogen-bond donors (Lipinski definition) is 2. The second-order valence-electron chi connectivity index (χ2n) is 11.0. The number of benzene rings is 2. The van der Waals surface area contributed by atoms with Gasteiger partial charge in [0.25, 0.3) is 0 Å². The van der Waals surface area contributed by atoms with Gasteiger partial charge in [-0.15, -0.1) is 0 Å². The maximum Gasteiger partial charge on any atom is 0.142 e. The van der Waals surface area contributed by atoms with Crippen molar-refractivity contribution >= 4 is 5.69 Å². The molecule has 0 aromatic heterocycles. The Labute approximate surface area is 239 Å². The molecule has 2 atom stereocenters. The van der Waals surface area contributed by atoms with Gasteiger partial charge in [0, 0.05) is 39.1 Å². The van der Waals surface area contributed by atoms with E-state index in [1.165, 1.54) is 11.1 Å². The Morgan fingerprint density at radius 1 is 0.900 bits per heavy atom. The lowest BCUT2D eigenvalue weighted by molar-refractivity contribution is 0.0106. The largest absolute Gasteiger partial charge is 0.494 e. The molecule has 2 fully saturated rings. The number of hydrogen-bond acceptors (Lipinski definition) is 8. The van der Waals surface area contributed by atoms with Gasteiger partial charge in [-0.25, -0.2) is 0 Å². The van der Waals surface area contributed by atoms with E-state index < -0.39 is 0 Å². The van der Waals surface area contributed by atoms with Gasteiger partial charge in [-0.3, -0.25) is 0 Å². The fourth-order valence-electron chi connectivity index (χ4n) is 5.90. The lowest BCUT2D eigenvalue weighted by Gasteiger charge is -2.33. The van der Waals surface area contributed by atoms with Gasteiger partial charge in [0.1, 0.15) is 18.1 Å². The van der Waals surface area contributed by atoms with Gasteiger partial charge in [-0.2, -0.15) is 0 Å². The monoisotopic (exact) mass is 553 g/mol. The van der Waals surface area contributed by atoms with Crippen LogP contribution in [0.25, 0.3) is 0 Å². The first kappa shape index (κ1) is 29.1. The molecule has 220 valence electrons. The predicted octanol–water partition coefficient (Wildman–Crippen LogP) is 4.12. The number of rotatable bonds is 14. The lowest BCUT2D eigenvalue weighted by Crippen LogP contribution is -2.41. The van der Waals surface area contributed by atoms with Gasteiger partial charge in [0.2, 0.25) is 0 Å². The number of ether oxygens (including phenoxy) is 5. The van der Waals surface area contributed by atoms with Crippen molar-refractivity contribution in [3.63, 3.8) is 0 Å². The molecule has 0 aliphatic carbocycles. The SMILES string of the molecule is COCCCN1CCOc2ccc(COC3CNCCC3c3ccc(OCCCOC4CCNCC4)cc3)cc21. The van der Waals surface area contributed by atoms with Gasteiger partial charge >= 0.3 is 0 Å². The molecular formula is C32H47N3O5. The molecule has 0 bridgehead atoms. The standard InChI is InChI=1S/C32H47N3O5/c1-36-18-2-16-35-17-21-39-31-9-4-25(22-30(31)35)24-40-32-23-34-15-12-29(32)26-5-7-27(8-6-26)37-19-3-20-38-28-10-13-33-14-11-28/h4-9,22,28-29,32-34H,2-3,10-21,23-24H2,1H3. The molecule has 5 rings (SSSR count). The highest BCUT2D eigenvalue weighted by Gasteiger charge is 2.27. The highest BCUT2D eigenvalue weighted by atomic mass is 16.5. The summed E-state index contributed by atoms with van der Waals surface area (Å²) in [5.74, 6) is 2.24. The first-order chi connectivity index (χ1) is 19.8. The quantitative estimate of drug-likeness (QED) is 0.339. The molecule has 3 aliphatic rings. The van der Waals surface area contributed by atoms with E-state index in [9.17, 15) is 0 Å². The summed E-state index contributed by atoms with van der Waals surface area (Å²) < 4.78 is 29.7. The Hall–Kier alpha value is -2.36. The van der Waals surface area contributed by atoms with E-state index in [4.69, 9.17) is 23.7 Å². The van der Waals surface area contributed by atoms with E-state index >= 15 is 0 Å². The van der Waals surface area contributed by atoms with Crippen LogP contribution in [0.1, 0.15) is 49.1 Å². The van der Waals surface area contributed by atoms with Gasteiger partial charge in [-0.1, -0.05) is 18.2 Å². The average Bonchev–Trinajstić information content (AvgIpc) is 3.01. The summed E-state index contributed by atoms with van der Waals surface area (Å²) in [4.78, 5) is 2.40. The van der Waals surface area contributed by atoms with E-state index in [1.54, 1.807) is 7.11 Å². The van der Waals surface area contributed by atoms with Gasteiger partial charge < -0.3 is 39.2 Å². The molecule has 2 unspecified atom stereocenters. The lowest BCUT2D eigenvalue weighted by atomic mass is 9.87. The van der Waals surface area contributed by atoms with Crippen LogP contribution in [0.2, 0.25) is 0 Å². The third kappa shape index (κ3) is 8.33. The van der Waals surface area contributed by atoms with Crippen LogP contribution < -0.4 is 25.0 Å². The average molecular weight is 554 g/mol. The third-order valence-corrected chi connectivity index (χ3v) is 8.16. The van der Waals surface area contributed by atoms with Crippen molar-refractivity contribution in [1.82, 2.24) is 10.6 Å². The van der Waals surface area contributed by atoms with Crippen LogP contribution in [-0.4, -0.2) is 85.0 Å². The topological polar surface area (TPSA) is 73.5 Å². The van der Waals surface area contributed by atoms with Gasteiger partial charge in [0.05, 0.1) is 44.3 Å². The Morgan fingerprint density at radius 3 is 2.60 bits per heavy atom. The zero-order valence-corrected chi connectivity index (χ0v) is 24.1. The van der Waals surface area contributed by atoms with Crippen LogP contribution in [0, 0.1) is 0 Å². The minimum absolute atomic E-state index is 0.123. The summed E-state index contributed by atoms with van der Waals surface area (Å²) in [6, 6.07) is 15.1. The molecule has 0 saturated carbocycles. The molecule has 0 spiro atoms.